The maximum absolute atomic E-state index is 12.6. The Balaban J connectivity index is 2.02. The summed E-state index contributed by atoms with van der Waals surface area (Å²) in [6.07, 6.45) is 0. The normalized spacial score (nSPS) is 11.0. The Labute approximate surface area is 171 Å². The van der Waals surface area contributed by atoms with Gasteiger partial charge in [0.1, 0.15) is 12.1 Å². The lowest BCUT2D eigenvalue weighted by molar-refractivity contribution is -0.676. The lowest BCUT2D eigenvalue weighted by Gasteiger charge is -2.08. The third-order valence-electron chi connectivity index (χ3n) is 4.59. The highest BCUT2D eigenvalue weighted by Gasteiger charge is 2.28. The number of fused-ring (bicyclic) bond motifs is 1. The number of nitrogens with one attached hydrogen (secondary N) is 1. The van der Waals surface area contributed by atoms with Crippen molar-refractivity contribution >= 4 is 46.1 Å². The quantitative estimate of drug-likeness (QED) is 0.438. The number of nitrogen functional groups attached to an aromatic ring is 2. The molecule has 0 unspecified atom stereocenters. The maximum atomic E-state index is 12.6. The minimum atomic E-state index is -1.01. The fourth-order valence-electron chi connectivity index (χ4n) is 3.36. The van der Waals surface area contributed by atoms with Crippen molar-refractivity contribution in [3.8, 4) is 0 Å². The number of para-hydroxylation sites is 1. The number of carboxylic acids is 1. The topological polar surface area (TPSA) is 153 Å². The smallest absolute Gasteiger partial charge is 0.340 e. The van der Waals surface area contributed by atoms with Crippen LogP contribution in [-0.2, 0) is 19.6 Å². The Morgan fingerprint density at radius 1 is 1.24 bits per heavy atom. The van der Waals surface area contributed by atoms with Gasteiger partial charge in [0.15, 0.2) is 33.5 Å². The maximum Gasteiger partial charge on any atom is 0.340 e. The first-order chi connectivity index (χ1) is 13.8. The molecule has 0 saturated heterocycles. The van der Waals surface area contributed by atoms with Gasteiger partial charge in [-0.1, -0.05) is 17.7 Å². The number of anilines is 2. The SMILES string of the molecule is CCn1c(CNC(=O)c2nc(Cl)c(N)nc2N)[n+](CC)c2c(C(=O)O)cccc21. The molecule has 1 amide bonds. The molecule has 0 aliphatic rings. The van der Waals surface area contributed by atoms with E-state index in [4.69, 9.17) is 23.1 Å². The monoisotopic (exact) mass is 418 g/mol. The van der Waals surface area contributed by atoms with Gasteiger partial charge >= 0.3 is 5.97 Å². The molecule has 0 fully saturated rings. The van der Waals surface area contributed by atoms with E-state index in [1.54, 1.807) is 12.1 Å². The number of hydrogen-bond acceptors (Lipinski definition) is 6. The number of nitrogens with zero attached hydrogens (tertiary/aromatic N) is 4. The molecule has 0 atom stereocenters. The van der Waals surface area contributed by atoms with E-state index in [0.29, 0.717) is 18.6 Å². The average Bonchev–Trinajstić information content (AvgIpc) is 3.01. The van der Waals surface area contributed by atoms with Crippen LogP contribution in [0, 0.1) is 0 Å². The van der Waals surface area contributed by atoms with Gasteiger partial charge in [-0.25, -0.2) is 23.9 Å². The predicted molar refractivity (Wildman–Crippen MR) is 107 cm³/mol. The molecule has 10 nitrogen and oxygen atoms in total. The molecule has 0 aliphatic heterocycles. The summed E-state index contributed by atoms with van der Waals surface area (Å²) in [5, 5.41) is 12.2. The Hall–Kier alpha value is -3.40. The van der Waals surface area contributed by atoms with Crippen molar-refractivity contribution in [2.75, 3.05) is 11.5 Å². The lowest BCUT2D eigenvalue weighted by Crippen LogP contribution is -2.41. The van der Waals surface area contributed by atoms with Crippen LogP contribution < -0.4 is 21.4 Å². The summed E-state index contributed by atoms with van der Waals surface area (Å²) in [5.41, 5.74) is 12.7. The number of carbonyl (C=O) groups excluding carboxylic acids is 1. The molecule has 0 bridgehead atoms. The van der Waals surface area contributed by atoms with Gasteiger partial charge in [-0.05, 0) is 26.0 Å². The van der Waals surface area contributed by atoms with Gasteiger partial charge in [0.25, 0.3) is 11.7 Å². The van der Waals surface area contributed by atoms with Crippen molar-refractivity contribution in [3.05, 3.63) is 40.4 Å². The fourth-order valence-corrected chi connectivity index (χ4v) is 3.48. The minimum absolute atomic E-state index is 0.0585. The zero-order valence-corrected chi connectivity index (χ0v) is 16.7. The molecule has 2 aromatic heterocycles. The second-order valence-corrected chi connectivity index (χ2v) is 6.56. The zero-order valence-electron chi connectivity index (χ0n) is 15.9. The molecule has 6 N–H and O–H groups in total. The van der Waals surface area contributed by atoms with E-state index in [2.05, 4.69) is 15.3 Å². The molecule has 0 saturated carbocycles. The van der Waals surface area contributed by atoms with Crippen LogP contribution in [0.15, 0.2) is 18.2 Å². The third kappa shape index (κ3) is 3.54. The number of aryl methyl sites for hydroxylation is 2. The molecule has 3 rings (SSSR count). The molecular formula is C18H21ClN7O3+. The number of hydrogen-bond donors (Lipinski definition) is 4. The van der Waals surface area contributed by atoms with E-state index < -0.39 is 11.9 Å². The molecule has 152 valence electrons. The molecule has 0 radical (unpaired) electrons. The van der Waals surface area contributed by atoms with Crippen LogP contribution in [0.4, 0.5) is 11.6 Å². The summed E-state index contributed by atoms with van der Waals surface area (Å²) in [5.74, 6) is -1.03. The van der Waals surface area contributed by atoms with E-state index in [9.17, 15) is 14.7 Å². The Bertz CT molecular complexity index is 1130. The molecule has 2 heterocycles. The third-order valence-corrected chi connectivity index (χ3v) is 4.87. The molecule has 1 aromatic carbocycles. The van der Waals surface area contributed by atoms with E-state index in [1.165, 1.54) is 0 Å². The number of benzene rings is 1. The molecular weight excluding hydrogens is 398 g/mol. The second-order valence-electron chi connectivity index (χ2n) is 6.20. The predicted octanol–water partition coefficient (Wildman–Crippen LogP) is 1.20. The van der Waals surface area contributed by atoms with E-state index in [1.807, 2.05) is 29.0 Å². The van der Waals surface area contributed by atoms with E-state index in [-0.39, 0.29) is 34.6 Å². The highest BCUT2D eigenvalue weighted by Crippen LogP contribution is 2.20. The number of nitrogens with two attached hydrogens (primary N) is 2. The van der Waals surface area contributed by atoms with Crippen LogP contribution in [0.5, 0.6) is 0 Å². The van der Waals surface area contributed by atoms with E-state index in [0.717, 1.165) is 11.3 Å². The number of rotatable bonds is 6. The van der Waals surface area contributed by atoms with Crippen LogP contribution in [0.2, 0.25) is 5.15 Å². The molecule has 11 heteroatoms. The number of aromatic carboxylic acids is 1. The van der Waals surface area contributed by atoms with Crippen molar-refractivity contribution in [2.24, 2.45) is 0 Å². The second kappa shape index (κ2) is 7.92. The number of amides is 1. The first-order valence-electron chi connectivity index (χ1n) is 8.93. The molecule has 29 heavy (non-hydrogen) atoms. The Morgan fingerprint density at radius 2 is 1.97 bits per heavy atom. The average molecular weight is 419 g/mol. The van der Waals surface area contributed by atoms with Crippen LogP contribution in [0.1, 0.15) is 40.5 Å². The molecule has 3 aromatic rings. The fraction of sp³-hybridized carbons (Fsp3) is 0.278. The summed E-state index contributed by atoms with van der Waals surface area (Å²) in [6, 6.07) is 5.12. The molecule has 0 aliphatic carbocycles. The van der Waals surface area contributed by atoms with Gasteiger partial charge < -0.3 is 21.9 Å². The van der Waals surface area contributed by atoms with Crippen LogP contribution in [0.25, 0.3) is 11.0 Å². The van der Waals surface area contributed by atoms with Gasteiger partial charge in [0.05, 0.1) is 13.1 Å². The van der Waals surface area contributed by atoms with Crippen molar-refractivity contribution in [1.29, 1.82) is 0 Å². The first-order valence-corrected chi connectivity index (χ1v) is 9.31. The van der Waals surface area contributed by atoms with Crippen LogP contribution in [-0.4, -0.2) is 31.5 Å². The first kappa shape index (κ1) is 20.3. The Morgan fingerprint density at radius 3 is 2.59 bits per heavy atom. The summed E-state index contributed by atoms with van der Waals surface area (Å²) in [4.78, 5) is 32.0. The largest absolute Gasteiger partial charge is 0.478 e. The van der Waals surface area contributed by atoms with Crippen LogP contribution in [0.3, 0.4) is 0 Å². The van der Waals surface area contributed by atoms with Gasteiger partial charge in [0, 0.05) is 0 Å². The number of carbonyl (C=O) groups is 2. The van der Waals surface area contributed by atoms with Crippen molar-refractivity contribution in [1.82, 2.24) is 19.9 Å². The summed E-state index contributed by atoms with van der Waals surface area (Å²) < 4.78 is 3.82. The van der Waals surface area contributed by atoms with Gasteiger partial charge in [-0.2, -0.15) is 0 Å². The zero-order chi connectivity index (χ0) is 21.3. The van der Waals surface area contributed by atoms with Crippen molar-refractivity contribution in [2.45, 2.75) is 33.5 Å². The van der Waals surface area contributed by atoms with Gasteiger partial charge in [0.2, 0.25) is 0 Å². The Kier molecular flexibility index (Phi) is 5.55. The molecule has 0 spiro atoms. The highest BCUT2D eigenvalue weighted by atomic mass is 35.5. The number of imidazole rings is 1. The number of halogens is 1. The summed E-state index contributed by atoms with van der Waals surface area (Å²) in [7, 11) is 0. The number of aromatic nitrogens is 4. The van der Waals surface area contributed by atoms with E-state index >= 15 is 0 Å². The van der Waals surface area contributed by atoms with Crippen molar-refractivity contribution < 1.29 is 19.3 Å². The van der Waals surface area contributed by atoms with Gasteiger partial charge in [-0.15, -0.1) is 0 Å². The standard InChI is InChI=1S/C18H20ClN7O3/c1-3-25-10-7-5-6-9(18(28)29)13(10)26(4-2)11(25)8-22-17(27)12-15(20)24-16(21)14(19)23-12/h5-7H,3-4,8H2,1-2H3,(H5-,20,21,22,24,27,28,29)/p+1. The lowest BCUT2D eigenvalue weighted by atomic mass is 10.2. The van der Waals surface area contributed by atoms with Crippen molar-refractivity contribution in [3.63, 3.8) is 0 Å². The summed E-state index contributed by atoms with van der Waals surface area (Å²) in [6.45, 7) is 5.09. The highest BCUT2D eigenvalue weighted by molar-refractivity contribution is 6.31. The minimum Gasteiger partial charge on any atom is -0.478 e. The summed E-state index contributed by atoms with van der Waals surface area (Å²) >= 11 is 5.84. The number of carboxylic acid groups (broad SMARTS) is 1. The van der Waals surface area contributed by atoms with Crippen LogP contribution >= 0.6 is 11.6 Å². The van der Waals surface area contributed by atoms with Gasteiger partial charge in [-0.3, -0.25) is 4.79 Å².